The van der Waals surface area contributed by atoms with Crippen LogP contribution in [0, 0.1) is 11.3 Å². The summed E-state index contributed by atoms with van der Waals surface area (Å²) in [6, 6.07) is 30.9. The Kier molecular flexibility index (Phi) is 10.0. The highest BCUT2D eigenvalue weighted by Gasteiger charge is 2.52. The molecular formula is C30H36N2O4Si. The fraction of sp³-hybridized carbons (Fsp3) is 0.333. The second kappa shape index (κ2) is 13.2. The molecule has 1 amide bonds. The number of carbonyl (C=O) groups is 1. The van der Waals surface area contributed by atoms with Gasteiger partial charge in [0.05, 0.1) is 12.2 Å². The van der Waals surface area contributed by atoms with E-state index in [2.05, 4.69) is 56.4 Å². The van der Waals surface area contributed by atoms with E-state index in [9.17, 15) is 15.2 Å². The Balaban J connectivity index is 1.96. The van der Waals surface area contributed by atoms with Crippen LogP contribution >= 0.6 is 0 Å². The van der Waals surface area contributed by atoms with E-state index >= 15 is 0 Å². The van der Waals surface area contributed by atoms with Crippen molar-refractivity contribution in [2.75, 3.05) is 6.61 Å². The third-order valence-corrected chi connectivity index (χ3v) is 11.5. The summed E-state index contributed by atoms with van der Waals surface area (Å²) in [5, 5.41) is 24.3. The second-order valence-corrected chi connectivity index (χ2v) is 14.3. The highest BCUT2D eigenvalue weighted by atomic mass is 28.4. The molecule has 0 aliphatic rings. The molecular weight excluding hydrogens is 480 g/mol. The molecule has 0 aliphatic heterocycles. The molecule has 0 aliphatic carbocycles. The van der Waals surface area contributed by atoms with Gasteiger partial charge in [-0.3, -0.25) is 0 Å². The molecule has 194 valence electrons. The number of nitriles is 1. The molecule has 0 aromatic heterocycles. The number of aliphatic hydroxyl groups is 1. The Labute approximate surface area is 221 Å². The van der Waals surface area contributed by atoms with Crippen LogP contribution in [0.4, 0.5) is 4.79 Å². The van der Waals surface area contributed by atoms with Gasteiger partial charge in [-0.1, -0.05) is 112 Å². The maximum absolute atomic E-state index is 12.7. The molecule has 7 heteroatoms. The molecule has 3 aromatic carbocycles. The molecule has 2 atom stereocenters. The Morgan fingerprint density at radius 1 is 0.946 bits per heavy atom. The van der Waals surface area contributed by atoms with E-state index < -0.39 is 26.6 Å². The van der Waals surface area contributed by atoms with E-state index in [1.54, 1.807) is 0 Å². The number of ether oxygens (including phenoxy) is 1. The topological polar surface area (TPSA) is 91.6 Å². The fourth-order valence-electron chi connectivity index (χ4n) is 4.60. The minimum atomic E-state index is -2.99. The number of benzene rings is 3. The molecule has 0 unspecified atom stereocenters. The third-order valence-electron chi connectivity index (χ3n) is 6.39. The SMILES string of the molecule is CC(C)(C)[Si](O[C@@H](CCCO)[C@H](C#N)NC(=O)OCc1ccccc1)(c1ccccc1)c1ccccc1. The summed E-state index contributed by atoms with van der Waals surface area (Å²) in [6.07, 6.45) is -0.511. The maximum atomic E-state index is 12.7. The Morgan fingerprint density at radius 2 is 1.46 bits per heavy atom. The summed E-state index contributed by atoms with van der Waals surface area (Å²) in [4.78, 5) is 12.7. The van der Waals surface area contributed by atoms with E-state index in [4.69, 9.17) is 9.16 Å². The number of nitrogens with one attached hydrogen (secondary N) is 1. The zero-order valence-electron chi connectivity index (χ0n) is 21.8. The van der Waals surface area contributed by atoms with Crippen LogP contribution in [0.2, 0.25) is 5.04 Å². The summed E-state index contributed by atoms with van der Waals surface area (Å²) in [5.74, 6) is 0. The van der Waals surface area contributed by atoms with Gasteiger partial charge in [0, 0.05) is 6.61 Å². The number of carbonyl (C=O) groups excluding carboxylic acids is 1. The lowest BCUT2D eigenvalue weighted by molar-refractivity contribution is 0.112. The second-order valence-electron chi connectivity index (χ2n) is 10.00. The largest absolute Gasteiger partial charge is 0.445 e. The van der Waals surface area contributed by atoms with Crippen molar-refractivity contribution < 1.29 is 19.1 Å². The lowest BCUT2D eigenvalue weighted by atomic mass is 10.1. The van der Waals surface area contributed by atoms with Crippen LogP contribution < -0.4 is 15.7 Å². The summed E-state index contributed by atoms with van der Waals surface area (Å²) in [7, 11) is -2.99. The summed E-state index contributed by atoms with van der Waals surface area (Å²) >= 11 is 0. The molecule has 0 saturated carbocycles. The highest BCUT2D eigenvalue weighted by Crippen LogP contribution is 2.38. The molecule has 2 N–H and O–H groups in total. The quantitative estimate of drug-likeness (QED) is 0.366. The summed E-state index contributed by atoms with van der Waals surface area (Å²) in [5.41, 5.74) is 0.853. The van der Waals surface area contributed by atoms with Crippen molar-refractivity contribution in [1.82, 2.24) is 5.32 Å². The lowest BCUT2D eigenvalue weighted by Crippen LogP contribution is -2.69. The number of alkyl carbamates (subject to hydrolysis) is 1. The monoisotopic (exact) mass is 516 g/mol. The van der Waals surface area contributed by atoms with Gasteiger partial charge < -0.3 is 19.6 Å². The van der Waals surface area contributed by atoms with E-state index in [0.717, 1.165) is 15.9 Å². The molecule has 0 bridgehead atoms. The minimum absolute atomic E-state index is 0.0444. The number of rotatable bonds is 11. The van der Waals surface area contributed by atoms with Crippen LogP contribution in [0.15, 0.2) is 91.0 Å². The third kappa shape index (κ3) is 7.07. The van der Waals surface area contributed by atoms with Crippen molar-refractivity contribution in [1.29, 1.82) is 5.26 Å². The molecule has 0 fully saturated rings. The average molecular weight is 517 g/mol. The molecule has 0 saturated heterocycles. The van der Waals surface area contributed by atoms with Crippen molar-refractivity contribution in [2.24, 2.45) is 0 Å². The van der Waals surface area contributed by atoms with Crippen LogP contribution in [0.5, 0.6) is 0 Å². The number of hydrogen-bond acceptors (Lipinski definition) is 5. The first kappa shape index (κ1) is 28.1. The van der Waals surface area contributed by atoms with Gasteiger partial charge >= 0.3 is 6.09 Å². The number of nitrogens with zero attached hydrogens (tertiary/aromatic N) is 1. The van der Waals surface area contributed by atoms with Crippen molar-refractivity contribution >= 4 is 24.8 Å². The molecule has 6 nitrogen and oxygen atoms in total. The van der Waals surface area contributed by atoms with Gasteiger partial charge in [-0.25, -0.2) is 4.79 Å². The van der Waals surface area contributed by atoms with Gasteiger partial charge in [0.2, 0.25) is 0 Å². The summed E-state index contributed by atoms with van der Waals surface area (Å²) in [6.45, 7) is 6.53. The Bertz CT molecular complexity index is 1110. The number of amides is 1. The van der Waals surface area contributed by atoms with Crippen LogP contribution in [-0.2, 0) is 15.8 Å². The lowest BCUT2D eigenvalue weighted by Gasteiger charge is -2.45. The average Bonchev–Trinajstić information content (AvgIpc) is 2.92. The van der Waals surface area contributed by atoms with Crippen LogP contribution in [0.1, 0.15) is 39.2 Å². The molecule has 3 aromatic rings. The van der Waals surface area contributed by atoms with E-state index in [1.165, 1.54) is 0 Å². The van der Waals surface area contributed by atoms with Crippen molar-refractivity contribution in [2.45, 2.75) is 57.4 Å². The standard InChI is InChI=1S/C30H36N2O4Si/c1-30(2,3)37(25-16-9-5-10-17-25,26-18-11-6-12-19-26)36-28(20-13-21-33)27(22-31)32-29(34)35-23-24-14-7-4-8-15-24/h4-12,14-19,27-28,33H,13,20-21,23H2,1-3H3,(H,32,34)/t27-,28-/m0/s1. The molecule has 37 heavy (non-hydrogen) atoms. The maximum Gasteiger partial charge on any atom is 0.408 e. The Hall–Kier alpha value is -3.44. The number of hydrogen-bond donors (Lipinski definition) is 2. The molecule has 3 rings (SSSR count). The zero-order chi connectivity index (χ0) is 26.7. The fourth-order valence-corrected chi connectivity index (χ4v) is 9.33. The zero-order valence-corrected chi connectivity index (χ0v) is 22.8. The van der Waals surface area contributed by atoms with E-state index in [-0.39, 0.29) is 18.3 Å². The van der Waals surface area contributed by atoms with Crippen molar-refractivity contribution in [3.8, 4) is 6.07 Å². The van der Waals surface area contributed by atoms with Crippen LogP contribution in [0.3, 0.4) is 0 Å². The van der Waals surface area contributed by atoms with E-state index in [1.807, 2.05) is 66.7 Å². The van der Waals surface area contributed by atoms with Crippen molar-refractivity contribution in [3.05, 3.63) is 96.6 Å². The van der Waals surface area contributed by atoms with Gasteiger partial charge in [0.1, 0.15) is 12.6 Å². The van der Waals surface area contributed by atoms with Crippen LogP contribution in [0.25, 0.3) is 0 Å². The normalized spacial score (nSPS) is 13.3. The first-order chi connectivity index (χ1) is 17.8. The predicted octanol–water partition coefficient (Wildman–Crippen LogP) is 4.52. The van der Waals surface area contributed by atoms with Crippen LogP contribution in [-0.4, -0.2) is 38.3 Å². The van der Waals surface area contributed by atoms with Crippen molar-refractivity contribution in [3.63, 3.8) is 0 Å². The number of aliphatic hydroxyl groups excluding tert-OH is 1. The minimum Gasteiger partial charge on any atom is -0.445 e. The van der Waals surface area contributed by atoms with E-state index in [0.29, 0.717) is 12.8 Å². The van der Waals surface area contributed by atoms with Gasteiger partial charge in [0.25, 0.3) is 8.32 Å². The predicted molar refractivity (Wildman–Crippen MR) is 148 cm³/mol. The first-order valence-electron chi connectivity index (χ1n) is 12.6. The smallest absolute Gasteiger partial charge is 0.408 e. The first-order valence-corrected chi connectivity index (χ1v) is 14.5. The van der Waals surface area contributed by atoms with Gasteiger partial charge in [-0.2, -0.15) is 5.26 Å². The molecule has 0 heterocycles. The summed E-state index contributed by atoms with van der Waals surface area (Å²) < 4.78 is 12.5. The highest BCUT2D eigenvalue weighted by molar-refractivity contribution is 6.99. The van der Waals surface area contributed by atoms with Gasteiger partial charge in [-0.05, 0) is 33.8 Å². The van der Waals surface area contributed by atoms with Gasteiger partial charge in [0.15, 0.2) is 0 Å². The molecule has 0 radical (unpaired) electrons. The van der Waals surface area contributed by atoms with Gasteiger partial charge in [-0.15, -0.1) is 0 Å². The Morgan fingerprint density at radius 3 is 1.92 bits per heavy atom. The molecule has 0 spiro atoms.